The largest absolute Gasteiger partial charge is 0.382 e. The molecular weight excluding hydrogens is 216 g/mol. The first-order chi connectivity index (χ1) is 8.24. The van der Waals surface area contributed by atoms with Gasteiger partial charge in [-0.05, 0) is 25.7 Å². The molecule has 3 atom stereocenters. The van der Waals surface area contributed by atoms with Crippen LogP contribution in [0.2, 0.25) is 0 Å². The van der Waals surface area contributed by atoms with Crippen LogP contribution < -0.4 is 5.32 Å². The highest BCUT2D eigenvalue weighted by atomic mass is 16.5. The van der Waals surface area contributed by atoms with Crippen LogP contribution in [0.5, 0.6) is 0 Å². The summed E-state index contributed by atoms with van der Waals surface area (Å²) in [5.41, 5.74) is 0. The standard InChI is InChI=1S/C13H26N2O2/c1-10-6-14-13(11-4-5-11)8-15(10)7-12(17-3)9-16-2/h10-14H,4-9H2,1-3H3. The maximum absolute atomic E-state index is 5.47. The Balaban J connectivity index is 1.83. The number of hydrogen-bond acceptors (Lipinski definition) is 4. The lowest BCUT2D eigenvalue weighted by molar-refractivity contribution is -0.00963. The molecule has 3 unspecified atom stereocenters. The second-order valence-corrected chi connectivity index (χ2v) is 5.47. The molecule has 1 heterocycles. The number of nitrogens with one attached hydrogen (secondary N) is 1. The van der Waals surface area contributed by atoms with E-state index in [0.29, 0.717) is 18.7 Å². The zero-order valence-corrected chi connectivity index (χ0v) is 11.3. The van der Waals surface area contributed by atoms with Gasteiger partial charge in [-0.2, -0.15) is 0 Å². The maximum Gasteiger partial charge on any atom is 0.0931 e. The van der Waals surface area contributed by atoms with Crippen molar-refractivity contribution in [3.8, 4) is 0 Å². The van der Waals surface area contributed by atoms with Crippen molar-refractivity contribution in [3.05, 3.63) is 0 Å². The summed E-state index contributed by atoms with van der Waals surface area (Å²) in [5.74, 6) is 0.924. The molecule has 0 spiro atoms. The van der Waals surface area contributed by atoms with E-state index in [9.17, 15) is 0 Å². The fraction of sp³-hybridized carbons (Fsp3) is 1.00. The lowest BCUT2D eigenvalue weighted by Crippen LogP contribution is -2.58. The van der Waals surface area contributed by atoms with Gasteiger partial charge < -0.3 is 14.8 Å². The zero-order chi connectivity index (χ0) is 12.3. The first kappa shape index (κ1) is 13.3. The van der Waals surface area contributed by atoms with Crippen LogP contribution in [0.4, 0.5) is 0 Å². The maximum atomic E-state index is 5.47. The molecule has 1 aliphatic carbocycles. The van der Waals surface area contributed by atoms with E-state index in [0.717, 1.165) is 25.6 Å². The summed E-state index contributed by atoms with van der Waals surface area (Å²) in [7, 11) is 3.51. The summed E-state index contributed by atoms with van der Waals surface area (Å²) in [5, 5.41) is 3.67. The van der Waals surface area contributed by atoms with Crippen LogP contribution in [0.15, 0.2) is 0 Å². The molecule has 100 valence electrons. The Labute approximate surface area is 105 Å². The zero-order valence-electron chi connectivity index (χ0n) is 11.3. The van der Waals surface area contributed by atoms with Gasteiger partial charge in [-0.25, -0.2) is 0 Å². The number of piperazine rings is 1. The van der Waals surface area contributed by atoms with Crippen LogP contribution in [-0.4, -0.2) is 63.5 Å². The van der Waals surface area contributed by atoms with E-state index >= 15 is 0 Å². The summed E-state index contributed by atoms with van der Waals surface area (Å²) in [4.78, 5) is 2.55. The number of methoxy groups -OCH3 is 2. The summed E-state index contributed by atoms with van der Waals surface area (Å²) in [6.07, 6.45) is 3.01. The van der Waals surface area contributed by atoms with Crippen molar-refractivity contribution >= 4 is 0 Å². The summed E-state index contributed by atoms with van der Waals surface area (Å²) >= 11 is 0. The van der Waals surface area contributed by atoms with E-state index < -0.39 is 0 Å². The third-order valence-corrected chi connectivity index (χ3v) is 4.05. The summed E-state index contributed by atoms with van der Waals surface area (Å²) < 4.78 is 10.7. The molecule has 0 aromatic rings. The van der Waals surface area contributed by atoms with Crippen LogP contribution >= 0.6 is 0 Å². The summed E-state index contributed by atoms with van der Waals surface area (Å²) in [6.45, 7) is 6.22. The van der Waals surface area contributed by atoms with Crippen molar-refractivity contribution in [2.75, 3.05) is 40.5 Å². The van der Waals surface area contributed by atoms with Gasteiger partial charge in [-0.15, -0.1) is 0 Å². The topological polar surface area (TPSA) is 33.7 Å². The lowest BCUT2D eigenvalue weighted by Gasteiger charge is -2.40. The third kappa shape index (κ3) is 3.65. The second-order valence-electron chi connectivity index (χ2n) is 5.47. The van der Waals surface area contributed by atoms with Crippen LogP contribution in [0, 0.1) is 5.92 Å². The molecule has 1 saturated heterocycles. The van der Waals surface area contributed by atoms with Crippen LogP contribution in [0.3, 0.4) is 0 Å². The molecule has 0 aromatic heterocycles. The Kier molecular flexibility index (Phi) is 4.79. The molecule has 0 aromatic carbocycles. The van der Waals surface area contributed by atoms with E-state index in [1.54, 1.807) is 14.2 Å². The normalized spacial score (nSPS) is 32.6. The molecule has 2 aliphatic rings. The van der Waals surface area contributed by atoms with Gasteiger partial charge >= 0.3 is 0 Å². The Bertz CT molecular complexity index is 233. The van der Waals surface area contributed by atoms with Crippen molar-refractivity contribution in [2.24, 2.45) is 5.92 Å². The van der Waals surface area contributed by atoms with Gasteiger partial charge in [0.1, 0.15) is 0 Å². The molecular formula is C13H26N2O2. The van der Waals surface area contributed by atoms with E-state index in [-0.39, 0.29) is 6.10 Å². The van der Waals surface area contributed by atoms with Gasteiger partial charge in [0.05, 0.1) is 12.7 Å². The van der Waals surface area contributed by atoms with Gasteiger partial charge in [0, 0.05) is 45.9 Å². The SMILES string of the molecule is COCC(CN1CC(C2CC2)NCC1C)OC. The first-order valence-corrected chi connectivity index (χ1v) is 6.73. The monoisotopic (exact) mass is 242 g/mol. The molecule has 4 heteroatoms. The quantitative estimate of drug-likeness (QED) is 0.744. The third-order valence-electron chi connectivity index (χ3n) is 4.05. The minimum absolute atomic E-state index is 0.195. The van der Waals surface area contributed by atoms with Crippen molar-refractivity contribution in [1.29, 1.82) is 0 Å². The minimum atomic E-state index is 0.195. The smallest absolute Gasteiger partial charge is 0.0931 e. The van der Waals surface area contributed by atoms with E-state index in [4.69, 9.17) is 9.47 Å². The van der Waals surface area contributed by atoms with Gasteiger partial charge in [0.25, 0.3) is 0 Å². The van der Waals surface area contributed by atoms with Gasteiger partial charge in [-0.1, -0.05) is 0 Å². The fourth-order valence-corrected chi connectivity index (χ4v) is 2.66. The fourth-order valence-electron chi connectivity index (χ4n) is 2.66. The molecule has 0 radical (unpaired) electrons. The first-order valence-electron chi connectivity index (χ1n) is 6.73. The average Bonchev–Trinajstić information content (AvgIpc) is 3.15. The van der Waals surface area contributed by atoms with E-state index in [1.807, 2.05) is 0 Å². The van der Waals surface area contributed by atoms with Crippen molar-refractivity contribution in [2.45, 2.75) is 38.0 Å². The van der Waals surface area contributed by atoms with Gasteiger partial charge in [-0.3, -0.25) is 4.90 Å². The predicted molar refractivity (Wildman–Crippen MR) is 68.2 cm³/mol. The Hall–Kier alpha value is -0.160. The van der Waals surface area contributed by atoms with Gasteiger partial charge in [0.2, 0.25) is 0 Å². The minimum Gasteiger partial charge on any atom is -0.382 e. The van der Waals surface area contributed by atoms with Gasteiger partial charge in [0.15, 0.2) is 0 Å². The van der Waals surface area contributed by atoms with Crippen molar-refractivity contribution in [1.82, 2.24) is 10.2 Å². The molecule has 1 N–H and O–H groups in total. The molecule has 1 aliphatic heterocycles. The van der Waals surface area contributed by atoms with E-state index in [1.165, 1.54) is 12.8 Å². The van der Waals surface area contributed by atoms with Crippen LogP contribution in [0.1, 0.15) is 19.8 Å². The highest BCUT2D eigenvalue weighted by Crippen LogP contribution is 2.34. The summed E-state index contributed by atoms with van der Waals surface area (Å²) in [6, 6.07) is 1.30. The molecule has 0 amide bonds. The van der Waals surface area contributed by atoms with E-state index in [2.05, 4.69) is 17.1 Å². The molecule has 4 nitrogen and oxygen atoms in total. The Morgan fingerprint density at radius 2 is 2.12 bits per heavy atom. The predicted octanol–water partition coefficient (Wildman–Crippen LogP) is 0.720. The molecule has 1 saturated carbocycles. The van der Waals surface area contributed by atoms with Crippen molar-refractivity contribution < 1.29 is 9.47 Å². The number of hydrogen-bond donors (Lipinski definition) is 1. The number of nitrogens with zero attached hydrogens (tertiary/aromatic N) is 1. The van der Waals surface area contributed by atoms with Crippen LogP contribution in [0.25, 0.3) is 0 Å². The molecule has 2 rings (SSSR count). The molecule has 0 bridgehead atoms. The molecule has 2 fully saturated rings. The number of rotatable bonds is 6. The Morgan fingerprint density at radius 3 is 2.71 bits per heavy atom. The second kappa shape index (κ2) is 6.14. The number of ether oxygens (including phenoxy) is 2. The lowest BCUT2D eigenvalue weighted by atomic mass is 10.1. The van der Waals surface area contributed by atoms with Crippen molar-refractivity contribution in [3.63, 3.8) is 0 Å². The Morgan fingerprint density at radius 1 is 1.35 bits per heavy atom. The molecule has 17 heavy (non-hydrogen) atoms. The average molecular weight is 242 g/mol. The highest BCUT2D eigenvalue weighted by molar-refractivity contribution is 4.93. The van der Waals surface area contributed by atoms with Crippen LogP contribution in [-0.2, 0) is 9.47 Å². The highest BCUT2D eigenvalue weighted by Gasteiger charge is 2.36.